The Balaban J connectivity index is 1.47. The molecule has 0 aliphatic carbocycles. The summed E-state index contributed by atoms with van der Waals surface area (Å²) in [6.45, 7) is 5.79. The maximum atomic E-state index is 16.9. The molecule has 1 N–H and O–H groups in total. The monoisotopic (exact) mass is 561 g/mol. The molecule has 3 saturated heterocycles. The van der Waals surface area contributed by atoms with Gasteiger partial charge in [0.2, 0.25) is 17.9 Å². The highest BCUT2D eigenvalue weighted by atomic mass is 35.5. The van der Waals surface area contributed by atoms with Gasteiger partial charge in [0.15, 0.2) is 12.4 Å². The van der Waals surface area contributed by atoms with Gasteiger partial charge in [-0.25, -0.2) is 18.8 Å². The average molecular weight is 562 g/mol. The number of aromatic nitrogens is 2. The summed E-state index contributed by atoms with van der Waals surface area (Å²) in [5.41, 5.74) is 1.11. The fraction of sp³-hybridized carbons (Fsp3) is 0.419. The van der Waals surface area contributed by atoms with Crippen LogP contribution in [0, 0.1) is 5.82 Å². The molecule has 3 aromatic carbocycles. The molecule has 0 amide bonds. The lowest BCUT2D eigenvalue weighted by atomic mass is 9.96. The minimum Gasteiger partial charge on any atom is -0.508 e. The summed E-state index contributed by atoms with van der Waals surface area (Å²) in [4.78, 5) is 16.9. The van der Waals surface area contributed by atoms with Gasteiger partial charge in [-0.1, -0.05) is 49.2 Å². The number of quaternary nitrogens is 1. The molecule has 7 nitrogen and oxygen atoms in total. The molecule has 3 fully saturated rings. The van der Waals surface area contributed by atoms with Gasteiger partial charge in [-0.3, -0.25) is 0 Å². The van der Waals surface area contributed by atoms with Crippen LogP contribution in [0.1, 0.15) is 19.8 Å². The van der Waals surface area contributed by atoms with Crippen LogP contribution >= 0.6 is 11.6 Å². The molecule has 0 spiro atoms. The molecule has 0 bridgehead atoms. The van der Waals surface area contributed by atoms with E-state index >= 15 is 4.39 Å². The summed E-state index contributed by atoms with van der Waals surface area (Å²) in [6, 6.07) is 13.6. The minimum atomic E-state index is -0.468. The molecule has 3 atom stereocenters. The Morgan fingerprint density at radius 2 is 1.88 bits per heavy atom. The summed E-state index contributed by atoms with van der Waals surface area (Å²) in [7, 11) is 6.34. The van der Waals surface area contributed by atoms with Crippen molar-refractivity contribution >= 4 is 45.0 Å². The van der Waals surface area contributed by atoms with E-state index in [0.717, 1.165) is 60.1 Å². The molecular weight excluding hydrogens is 527 g/mol. The van der Waals surface area contributed by atoms with Crippen LogP contribution in [0.3, 0.4) is 0 Å². The third kappa shape index (κ3) is 3.73. The second kappa shape index (κ2) is 9.24. The second-order valence-electron chi connectivity index (χ2n) is 12.0. The molecule has 7 rings (SSSR count). The van der Waals surface area contributed by atoms with Crippen molar-refractivity contribution in [3.05, 3.63) is 53.3 Å². The third-order valence-electron chi connectivity index (χ3n) is 9.38. The number of rotatable bonds is 6. The first kappa shape index (κ1) is 25.9. The van der Waals surface area contributed by atoms with E-state index < -0.39 is 5.82 Å². The van der Waals surface area contributed by atoms with Crippen molar-refractivity contribution in [1.82, 2.24) is 24.3 Å². The smallest absolute Gasteiger partial charge is 0.242 e. The van der Waals surface area contributed by atoms with Crippen molar-refractivity contribution in [2.75, 3.05) is 52.2 Å². The predicted octanol–water partition coefficient (Wildman–Crippen LogP) is 5.46. The summed E-state index contributed by atoms with van der Waals surface area (Å²) in [5.74, 6) is 1.06. The Bertz CT molecular complexity index is 1660. The third-order valence-corrected chi connectivity index (χ3v) is 9.68. The number of phenols is 1. The van der Waals surface area contributed by atoms with E-state index in [-0.39, 0.29) is 11.3 Å². The minimum absolute atomic E-state index is 0.0661. The predicted molar refractivity (Wildman–Crippen MR) is 161 cm³/mol. The topological polar surface area (TPSA) is 55.7 Å². The first-order chi connectivity index (χ1) is 19.2. The summed E-state index contributed by atoms with van der Waals surface area (Å²) in [6.07, 6.45) is 2.50. The fourth-order valence-corrected chi connectivity index (χ4v) is 7.38. The first-order valence-corrected chi connectivity index (χ1v) is 14.5. The molecule has 40 heavy (non-hydrogen) atoms. The summed E-state index contributed by atoms with van der Waals surface area (Å²) < 4.78 is 17.6. The lowest BCUT2D eigenvalue weighted by Gasteiger charge is -2.42. The van der Waals surface area contributed by atoms with Crippen LogP contribution in [0.25, 0.3) is 32.8 Å². The van der Waals surface area contributed by atoms with Crippen LogP contribution in [-0.4, -0.2) is 90.4 Å². The number of phenolic OH excluding ortho intramolecular Hbond substituents is 1. The van der Waals surface area contributed by atoms with Crippen LogP contribution < -0.4 is 9.38 Å². The van der Waals surface area contributed by atoms with Gasteiger partial charge in [-0.15, -0.1) is 0 Å². The molecule has 208 valence electrons. The van der Waals surface area contributed by atoms with E-state index in [2.05, 4.69) is 42.8 Å². The van der Waals surface area contributed by atoms with Gasteiger partial charge < -0.3 is 14.9 Å². The number of nitrogens with zero attached hydrogens (tertiary/aromatic N) is 6. The fourth-order valence-electron chi connectivity index (χ4n) is 7.08. The molecule has 4 heterocycles. The van der Waals surface area contributed by atoms with E-state index in [1.807, 2.05) is 30.3 Å². The number of hydrogen-bond acceptors (Lipinski definition) is 6. The zero-order valence-electron chi connectivity index (χ0n) is 23.4. The SMILES string of the molecule is CCCC1CN(C)C2C[N+]12c1nc(N2CC(N(C)C)C2)nc2c(F)c(-c3cc(O)cc4ccccc34)c(Cl)cc12. The number of piperazine rings is 1. The van der Waals surface area contributed by atoms with Crippen LogP contribution in [0.2, 0.25) is 5.02 Å². The lowest BCUT2D eigenvalue weighted by Crippen LogP contribution is -2.58. The van der Waals surface area contributed by atoms with E-state index in [4.69, 9.17) is 21.6 Å². The van der Waals surface area contributed by atoms with Gasteiger partial charge in [0.05, 0.1) is 17.0 Å². The summed E-state index contributed by atoms with van der Waals surface area (Å²) in [5, 5.41) is 13.1. The Labute approximate surface area is 239 Å². The van der Waals surface area contributed by atoms with Crippen LogP contribution in [-0.2, 0) is 0 Å². The Morgan fingerprint density at radius 3 is 2.60 bits per heavy atom. The molecule has 9 heteroatoms. The van der Waals surface area contributed by atoms with E-state index in [0.29, 0.717) is 45.7 Å². The number of fused-ring (bicyclic) bond motifs is 3. The normalized spacial score (nSPS) is 24.7. The van der Waals surface area contributed by atoms with Crippen LogP contribution in [0.5, 0.6) is 5.75 Å². The summed E-state index contributed by atoms with van der Waals surface area (Å²) >= 11 is 6.94. The van der Waals surface area contributed by atoms with Crippen molar-refractivity contribution in [3.8, 4) is 16.9 Å². The number of hydrogen-bond donors (Lipinski definition) is 1. The van der Waals surface area contributed by atoms with Crippen LogP contribution in [0.4, 0.5) is 16.2 Å². The molecule has 0 radical (unpaired) electrons. The maximum Gasteiger partial charge on any atom is 0.242 e. The maximum absolute atomic E-state index is 16.9. The van der Waals surface area contributed by atoms with Crippen LogP contribution in [0.15, 0.2) is 42.5 Å². The van der Waals surface area contributed by atoms with Gasteiger partial charge in [0.25, 0.3) is 0 Å². The van der Waals surface area contributed by atoms with E-state index in [1.54, 1.807) is 12.1 Å². The van der Waals surface area contributed by atoms with Crippen molar-refractivity contribution < 1.29 is 9.50 Å². The Kier molecular flexibility index (Phi) is 5.98. The highest BCUT2D eigenvalue weighted by molar-refractivity contribution is 6.35. The molecule has 3 aliphatic heterocycles. The molecule has 4 aromatic rings. The van der Waals surface area contributed by atoms with Crippen molar-refractivity contribution in [1.29, 1.82) is 0 Å². The van der Waals surface area contributed by atoms with Gasteiger partial charge >= 0.3 is 0 Å². The second-order valence-corrected chi connectivity index (χ2v) is 12.4. The zero-order chi connectivity index (χ0) is 27.9. The number of likely N-dealkylation sites (N-methyl/N-ethyl adjacent to an activating group) is 2. The standard InChI is InChI=1S/C31H34ClFN6O/c1-5-8-20-16-37(4)26-17-39(20,26)30-24-13-25(32)27(23-12-21(40)11-18-9-6-7-10-22(18)23)28(33)29(24)34-31(35-30)38-14-19(15-38)36(2)3/h6-7,9-13,19-20,26H,5,8,14-17H2,1-4H3/p+1. The largest absolute Gasteiger partial charge is 0.508 e. The van der Waals surface area contributed by atoms with Crippen molar-refractivity contribution in [3.63, 3.8) is 0 Å². The van der Waals surface area contributed by atoms with E-state index in [9.17, 15) is 5.11 Å². The van der Waals surface area contributed by atoms with Gasteiger partial charge in [0.1, 0.15) is 17.3 Å². The van der Waals surface area contributed by atoms with Gasteiger partial charge in [0, 0.05) is 31.1 Å². The number of aromatic hydroxyl groups is 1. The number of halogens is 2. The van der Waals surface area contributed by atoms with Gasteiger partial charge in [-0.2, -0.15) is 4.98 Å². The molecule has 3 unspecified atom stereocenters. The molecule has 0 saturated carbocycles. The zero-order valence-corrected chi connectivity index (χ0v) is 24.2. The van der Waals surface area contributed by atoms with Gasteiger partial charge in [-0.05, 0) is 55.7 Å². The average Bonchev–Trinajstić information content (AvgIpc) is 3.58. The Hall–Kier alpha value is -3.04. The molecule has 1 aromatic heterocycles. The van der Waals surface area contributed by atoms with Crippen molar-refractivity contribution in [2.45, 2.75) is 38.0 Å². The Morgan fingerprint density at radius 1 is 1.10 bits per heavy atom. The molecular formula is C31H35ClFN6O+. The first-order valence-electron chi connectivity index (χ1n) is 14.1. The molecule has 3 aliphatic rings. The van der Waals surface area contributed by atoms with Crippen molar-refractivity contribution in [2.24, 2.45) is 0 Å². The highest BCUT2D eigenvalue weighted by Gasteiger charge is 2.69. The highest BCUT2D eigenvalue weighted by Crippen LogP contribution is 2.52. The quantitative estimate of drug-likeness (QED) is 0.249. The van der Waals surface area contributed by atoms with E-state index in [1.165, 1.54) is 0 Å². The lowest BCUT2D eigenvalue weighted by molar-refractivity contribution is 0.245. The number of benzene rings is 3. The number of anilines is 1.